The third-order valence-corrected chi connectivity index (χ3v) is 5.47. The molecule has 0 saturated carbocycles. The van der Waals surface area contributed by atoms with Crippen molar-refractivity contribution in [1.82, 2.24) is 0 Å². The van der Waals surface area contributed by atoms with Gasteiger partial charge in [0.15, 0.2) is 5.09 Å². The van der Waals surface area contributed by atoms with Gasteiger partial charge in [0.1, 0.15) is 23.9 Å². The van der Waals surface area contributed by atoms with Gasteiger partial charge in [-0.2, -0.15) is 15.6 Å². The highest BCUT2D eigenvalue weighted by Crippen LogP contribution is 2.31. The molecular weight excluding hydrogens is 394 g/mol. The number of rotatable bonds is 5. The summed E-state index contributed by atoms with van der Waals surface area (Å²) in [6, 6.07) is 27.2. The molecule has 0 spiro atoms. The van der Waals surface area contributed by atoms with E-state index in [4.69, 9.17) is 10.2 Å². The summed E-state index contributed by atoms with van der Waals surface area (Å²) >= 11 is 1.49. The lowest BCUT2D eigenvalue weighted by molar-refractivity contribution is 0.466. The average Bonchev–Trinajstić information content (AvgIpc) is 3.36. The molecule has 2 heterocycles. The largest absolute Gasteiger partial charge is 0.450 e. The molecule has 2 aromatic carbocycles. The molecule has 0 radical (unpaired) electrons. The van der Waals surface area contributed by atoms with E-state index in [-0.39, 0.29) is 5.57 Å². The molecule has 1 aromatic heterocycles. The first-order chi connectivity index (χ1) is 14.7. The summed E-state index contributed by atoms with van der Waals surface area (Å²) in [5, 5.41) is 26.2. The van der Waals surface area contributed by atoms with Crippen LogP contribution < -0.4 is 10.7 Å². The van der Waals surface area contributed by atoms with Crippen molar-refractivity contribution in [3.05, 3.63) is 84.1 Å². The van der Waals surface area contributed by atoms with E-state index in [0.717, 1.165) is 10.6 Å². The predicted molar refractivity (Wildman–Crippen MR) is 116 cm³/mol. The number of nitrogens with two attached hydrogens (primary N) is 1. The van der Waals surface area contributed by atoms with E-state index < -0.39 is 12.1 Å². The first-order valence-electron chi connectivity index (χ1n) is 9.22. The van der Waals surface area contributed by atoms with Crippen molar-refractivity contribution in [3.8, 4) is 12.1 Å². The fraction of sp³-hybridized carbons (Fsp3) is 0.0870. The molecule has 146 valence electrons. The Morgan fingerprint density at radius 1 is 1.03 bits per heavy atom. The smallest absolute Gasteiger partial charge is 0.165 e. The Bertz CT molecular complexity index is 1170. The lowest BCUT2D eigenvalue weighted by Gasteiger charge is -2.21. The van der Waals surface area contributed by atoms with Gasteiger partial charge >= 0.3 is 0 Å². The first-order valence-corrected chi connectivity index (χ1v) is 10.0. The van der Waals surface area contributed by atoms with Crippen LogP contribution in [-0.2, 0) is 0 Å². The molecule has 4 rings (SSSR count). The summed E-state index contributed by atoms with van der Waals surface area (Å²) in [5.74, 6) is -0.222. The molecule has 0 fully saturated rings. The van der Waals surface area contributed by atoms with Crippen LogP contribution in [-0.4, -0.2) is 11.9 Å². The molecule has 3 aromatic rings. The third-order valence-electron chi connectivity index (χ3n) is 4.54. The molecule has 1 aliphatic rings. The summed E-state index contributed by atoms with van der Waals surface area (Å²) in [4.78, 5) is 1.05. The minimum Gasteiger partial charge on any atom is -0.450 e. The fourth-order valence-electron chi connectivity index (χ4n) is 3.09. The van der Waals surface area contributed by atoms with E-state index >= 15 is 0 Å². The maximum Gasteiger partial charge on any atom is 0.165 e. The van der Waals surface area contributed by atoms with E-state index in [1.807, 2.05) is 66.7 Å². The summed E-state index contributed by atoms with van der Waals surface area (Å²) in [6.07, 6.45) is 0.921. The van der Waals surface area contributed by atoms with Crippen molar-refractivity contribution >= 4 is 29.2 Å². The fourth-order valence-corrected chi connectivity index (χ4v) is 3.89. The Labute approximate surface area is 178 Å². The van der Waals surface area contributed by atoms with Crippen molar-refractivity contribution in [2.45, 2.75) is 16.2 Å². The number of anilines is 1. The number of nitrogens with zero attached hydrogens (tertiary/aromatic N) is 4. The number of hydrogen-bond donors (Lipinski definition) is 1. The topological polar surface area (TPSA) is 102 Å². The SMILES string of the molecule is N#C/C(=C/c1ccc(Sc2ccccc2)o1)C1=NN(c2ccccc2)[C@H](N)[C@H]1C#N. The van der Waals surface area contributed by atoms with Crippen LogP contribution in [0.5, 0.6) is 0 Å². The van der Waals surface area contributed by atoms with Gasteiger partial charge in [0.25, 0.3) is 0 Å². The summed E-state index contributed by atoms with van der Waals surface area (Å²) < 4.78 is 5.84. The monoisotopic (exact) mass is 411 g/mol. The van der Waals surface area contributed by atoms with Crippen molar-refractivity contribution in [1.29, 1.82) is 10.5 Å². The van der Waals surface area contributed by atoms with Crippen LogP contribution in [0.4, 0.5) is 5.69 Å². The average molecular weight is 411 g/mol. The van der Waals surface area contributed by atoms with Crippen LogP contribution in [0.25, 0.3) is 6.08 Å². The molecule has 0 amide bonds. The molecule has 2 N–H and O–H groups in total. The van der Waals surface area contributed by atoms with Gasteiger partial charge in [-0.15, -0.1) is 0 Å². The van der Waals surface area contributed by atoms with Crippen molar-refractivity contribution in [2.75, 3.05) is 5.01 Å². The number of benzene rings is 2. The Balaban J connectivity index is 1.62. The second-order valence-electron chi connectivity index (χ2n) is 6.50. The zero-order valence-electron chi connectivity index (χ0n) is 15.8. The minimum atomic E-state index is -0.732. The van der Waals surface area contributed by atoms with Crippen LogP contribution in [0.3, 0.4) is 0 Å². The lowest BCUT2D eigenvalue weighted by atomic mass is 9.96. The Morgan fingerprint density at radius 3 is 2.40 bits per heavy atom. The molecule has 30 heavy (non-hydrogen) atoms. The van der Waals surface area contributed by atoms with Crippen molar-refractivity contribution < 1.29 is 4.42 Å². The first kappa shape index (κ1) is 19.5. The quantitative estimate of drug-likeness (QED) is 0.614. The highest BCUT2D eigenvalue weighted by Gasteiger charge is 2.37. The number of hydrazone groups is 1. The second kappa shape index (κ2) is 8.71. The van der Waals surface area contributed by atoms with Crippen LogP contribution in [0, 0.1) is 28.6 Å². The number of nitriles is 2. The summed E-state index contributed by atoms with van der Waals surface area (Å²) in [5.41, 5.74) is 7.61. The highest BCUT2D eigenvalue weighted by molar-refractivity contribution is 7.99. The molecule has 6 nitrogen and oxygen atoms in total. The maximum absolute atomic E-state index is 9.73. The number of para-hydroxylation sites is 1. The predicted octanol–water partition coefficient (Wildman–Crippen LogP) is 4.64. The molecule has 0 saturated heterocycles. The zero-order valence-corrected chi connectivity index (χ0v) is 16.7. The molecule has 0 unspecified atom stereocenters. The Hall–Kier alpha value is -3.78. The van der Waals surface area contributed by atoms with E-state index in [0.29, 0.717) is 16.6 Å². The van der Waals surface area contributed by atoms with Crippen molar-refractivity contribution in [3.63, 3.8) is 0 Å². The van der Waals surface area contributed by atoms with E-state index in [1.165, 1.54) is 11.8 Å². The van der Waals surface area contributed by atoms with Gasteiger partial charge in [-0.05, 0) is 36.4 Å². The Morgan fingerprint density at radius 2 is 1.73 bits per heavy atom. The van der Waals surface area contributed by atoms with Crippen LogP contribution in [0.15, 0.2) is 97.9 Å². The lowest BCUT2D eigenvalue weighted by Crippen LogP contribution is -2.40. The van der Waals surface area contributed by atoms with Gasteiger partial charge in [-0.3, -0.25) is 0 Å². The third kappa shape index (κ3) is 3.99. The maximum atomic E-state index is 9.73. The van der Waals surface area contributed by atoms with Gasteiger partial charge in [-0.25, -0.2) is 5.01 Å². The molecular formula is C23H17N5OS. The van der Waals surface area contributed by atoms with Crippen molar-refractivity contribution in [2.24, 2.45) is 16.8 Å². The Kier molecular flexibility index (Phi) is 5.67. The summed E-state index contributed by atoms with van der Waals surface area (Å²) in [6.45, 7) is 0. The molecule has 7 heteroatoms. The van der Waals surface area contributed by atoms with E-state index in [2.05, 4.69) is 17.2 Å². The molecule has 0 bridgehead atoms. The molecule has 2 atom stereocenters. The number of hydrogen-bond acceptors (Lipinski definition) is 7. The zero-order chi connectivity index (χ0) is 20.9. The van der Waals surface area contributed by atoms with Gasteiger partial charge in [0.05, 0.1) is 23.0 Å². The minimum absolute atomic E-state index is 0.251. The van der Waals surface area contributed by atoms with Gasteiger partial charge in [0.2, 0.25) is 0 Å². The second-order valence-corrected chi connectivity index (χ2v) is 7.58. The van der Waals surface area contributed by atoms with E-state index in [1.54, 1.807) is 17.2 Å². The molecule has 1 aliphatic heterocycles. The van der Waals surface area contributed by atoms with E-state index in [9.17, 15) is 10.5 Å². The van der Waals surface area contributed by atoms with Crippen LogP contribution in [0.2, 0.25) is 0 Å². The number of furan rings is 1. The standard InChI is InChI=1S/C23H17N5OS/c24-14-16(13-18-11-12-21(29-18)30-19-9-5-2-6-10-19)22-20(15-25)23(26)28(27-22)17-7-3-1-4-8-17/h1-13,20,23H,26H2/b16-13-/t20-,23-/m0/s1. The number of allylic oxidation sites excluding steroid dienone is 1. The highest BCUT2D eigenvalue weighted by atomic mass is 32.2. The van der Waals surface area contributed by atoms with Crippen LogP contribution >= 0.6 is 11.8 Å². The van der Waals surface area contributed by atoms with Gasteiger partial charge in [0, 0.05) is 11.0 Å². The normalized spacial score (nSPS) is 18.6. The van der Waals surface area contributed by atoms with Gasteiger partial charge < -0.3 is 10.2 Å². The van der Waals surface area contributed by atoms with Crippen LogP contribution in [0.1, 0.15) is 5.76 Å². The summed E-state index contributed by atoms with van der Waals surface area (Å²) in [7, 11) is 0. The van der Waals surface area contributed by atoms with Gasteiger partial charge in [-0.1, -0.05) is 48.2 Å². The molecule has 0 aliphatic carbocycles.